The Balaban J connectivity index is 3.23. The fourth-order valence-electron chi connectivity index (χ4n) is 1.12. The fraction of sp³-hybridized carbons (Fsp3) is 0.375. The molecule has 1 aromatic heterocycles. The van der Waals surface area contributed by atoms with Gasteiger partial charge in [0.05, 0.1) is 6.20 Å². The van der Waals surface area contributed by atoms with Gasteiger partial charge in [-0.05, 0) is 26.3 Å². The van der Waals surface area contributed by atoms with E-state index < -0.39 is 0 Å². The number of hydrogen-bond acceptors (Lipinski definition) is 1. The number of aromatic nitrogens is 1. The quantitative estimate of drug-likeness (QED) is 0.585. The highest BCUT2D eigenvalue weighted by molar-refractivity contribution is 5.96. The van der Waals surface area contributed by atoms with Gasteiger partial charge in [0.2, 0.25) is 0 Å². The minimum absolute atomic E-state index is 0.104. The summed E-state index contributed by atoms with van der Waals surface area (Å²) in [5.41, 5.74) is 2.59. The van der Waals surface area contributed by atoms with Crippen LogP contribution < -0.4 is 0 Å². The van der Waals surface area contributed by atoms with E-state index in [0.717, 1.165) is 16.8 Å². The lowest BCUT2D eigenvalue weighted by Crippen LogP contribution is -1.94. The van der Waals surface area contributed by atoms with Gasteiger partial charge in [0.15, 0.2) is 5.78 Å². The molecule has 0 aromatic carbocycles. The van der Waals surface area contributed by atoms with E-state index in [4.69, 9.17) is 0 Å². The van der Waals surface area contributed by atoms with Gasteiger partial charge in [0.25, 0.3) is 0 Å². The molecule has 0 aliphatic rings. The number of aromatic amines is 1. The van der Waals surface area contributed by atoms with Crippen LogP contribution in [0.25, 0.3) is 0 Å². The van der Waals surface area contributed by atoms with E-state index >= 15 is 0 Å². The molecule has 1 aromatic rings. The Hall–Kier alpha value is -1.05. The van der Waals surface area contributed by atoms with Crippen LogP contribution in [0.1, 0.15) is 28.5 Å². The summed E-state index contributed by atoms with van der Waals surface area (Å²) in [5.74, 6) is 0.104. The van der Waals surface area contributed by atoms with Crippen molar-refractivity contribution in [2.45, 2.75) is 20.8 Å². The smallest absolute Gasteiger partial charge is 0.161 e. The van der Waals surface area contributed by atoms with E-state index in [1.807, 2.05) is 13.8 Å². The summed E-state index contributed by atoms with van der Waals surface area (Å²) >= 11 is 0. The summed E-state index contributed by atoms with van der Waals surface area (Å²) in [5, 5.41) is 0. The first-order valence-corrected chi connectivity index (χ1v) is 3.20. The molecule has 1 N–H and O–H groups in total. The van der Waals surface area contributed by atoms with E-state index in [2.05, 4.69) is 11.2 Å². The van der Waals surface area contributed by atoms with Crippen LogP contribution in [-0.4, -0.2) is 10.8 Å². The second kappa shape index (κ2) is 2.29. The maximum absolute atomic E-state index is 10.9. The van der Waals surface area contributed by atoms with Crippen molar-refractivity contribution >= 4 is 5.78 Å². The van der Waals surface area contributed by atoms with Crippen LogP contribution in [0.4, 0.5) is 0 Å². The summed E-state index contributed by atoms with van der Waals surface area (Å²) < 4.78 is 0. The molecule has 0 bridgehead atoms. The Bertz CT molecular complexity index is 241. The molecular weight excluding hydrogens is 126 g/mol. The lowest BCUT2D eigenvalue weighted by atomic mass is 10.1. The number of H-pyrrole nitrogens is 1. The molecule has 1 heterocycles. The van der Waals surface area contributed by atoms with E-state index in [1.165, 1.54) is 0 Å². The first-order chi connectivity index (χ1) is 4.63. The predicted molar refractivity (Wildman–Crippen MR) is 39.1 cm³/mol. The number of aryl methyl sites for hydroxylation is 2. The average Bonchev–Trinajstić information content (AvgIpc) is 2.11. The zero-order valence-corrected chi connectivity index (χ0v) is 6.41. The predicted octanol–water partition coefficient (Wildman–Crippen LogP) is 1.63. The molecule has 53 valence electrons. The highest BCUT2D eigenvalue weighted by atomic mass is 16.1. The zero-order valence-electron chi connectivity index (χ0n) is 6.41. The first kappa shape index (κ1) is 7.06. The third kappa shape index (κ3) is 0.967. The summed E-state index contributed by atoms with van der Waals surface area (Å²) in [7, 11) is 0. The van der Waals surface area contributed by atoms with Crippen molar-refractivity contribution in [1.29, 1.82) is 0 Å². The number of rotatable bonds is 1. The molecule has 1 rings (SSSR count). The van der Waals surface area contributed by atoms with Crippen molar-refractivity contribution in [3.05, 3.63) is 23.0 Å². The zero-order chi connectivity index (χ0) is 7.72. The Labute approximate surface area is 60.3 Å². The van der Waals surface area contributed by atoms with Crippen LogP contribution in [0.5, 0.6) is 0 Å². The Morgan fingerprint density at radius 2 is 2.10 bits per heavy atom. The second-order valence-electron chi connectivity index (χ2n) is 2.43. The first-order valence-electron chi connectivity index (χ1n) is 3.20. The molecule has 0 aliphatic heterocycles. The summed E-state index contributed by atoms with van der Waals surface area (Å²) in [4.78, 5) is 13.8. The van der Waals surface area contributed by atoms with E-state index in [-0.39, 0.29) is 5.78 Å². The Kier molecular flexibility index (Phi) is 1.62. The van der Waals surface area contributed by atoms with E-state index in [9.17, 15) is 4.79 Å². The topological polar surface area (TPSA) is 32.9 Å². The van der Waals surface area contributed by atoms with Crippen LogP contribution in [0.15, 0.2) is 0 Å². The minimum Gasteiger partial charge on any atom is -0.357 e. The molecule has 0 saturated carbocycles. The van der Waals surface area contributed by atoms with Gasteiger partial charge in [0.1, 0.15) is 0 Å². The third-order valence-corrected chi connectivity index (χ3v) is 1.54. The van der Waals surface area contributed by atoms with Crippen LogP contribution in [-0.2, 0) is 0 Å². The minimum atomic E-state index is 0.104. The summed E-state index contributed by atoms with van der Waals surface area (Å²) in [6.45, 7) is 5.32. The highest BCUT2D eigenvalue weighted by Gasteiger charge is 2.07. The molecule has 2 heteroatoms. The van der Waals surface area contributed by atoms with Crippen molar-refractivity contribution in [3.63, 3.8) is 0 Å². The van der Waals surface area contributed by atoms with Crippen molar-refractivity contribution in [2.75, 3.05) is 0 Å². The fourth-order valence-corrected chi connectivity index (χ4v) is 1.12. The van der Waals surface area contributed by atoms with Gasteiger partial charge in [-0.25, -0.2) is 0 Å². The van der Waals surface area contributed by atoms with Crippen LogP contribution >= 0.6 is 0 Å². The Morgan fingerprint density at radius 1 is 1.50 bits per heavy atom. The molecule has 0 saturated heterocycles. The molecule has 0 amide bonds. The molecule has 0 fully saturated rings. The molecular formula is C8H10NO. The summed E-state index contributed by atoms with van der Waals surface area (Å²) in [6, 6.07) is 0. The van der Waals surface area contributed by atoms with Gasteiger partial charge < -0.3 is 4.98 Å². The van der Waals surface area contributed by atoms with Gasteiger partial charge in [0, 0.05) is 11.3 Å². The van der Waals surface area contributed by atoms with Crippen molar-refractivity contribution in [1.82, 2.24) is 4.98 Å². The van der Waals surface area contributed by atoms with Crippen molar-refractivity contribution in [3.8, 4) is 0 Å². The van der Waals surface area contributed by atoms with Crippen LogP contribution in [0, 0.1) is 20.0 Å². The number of hydrogen-bond donors (Lipinski definition) is 1. The molecule has 10 heavy (non-hydrogen) atoms. The lowest BCUT2D eigenvalue weighted by Gasteiger charge is -1.92. The molecule has 0 spiro atoms. The normalized spacial score (nSPS) is 9.90. The average molecular weight is 136 g/mol. The van der Waals surface area contributed by atoms with Crippen molar-refractivity contribution < 1.29 is 4.79 Å². The number of carbonyl (C=O) groups is 1. The van der Waals surface area contributed by atoms with Gasteiger partial charge in [-0.3, -0.25) is 4.79 Å². The monoisotopic (exact) mass is 136 g/mol. The maximum atomic E-state index is 10.9. The van der Waals surface area contributed by atoms with Gasteiger partial charge in [-0.2, -0.15) is 0 Å². The van der Waals surface area contributed by atoms with Crippen molar-refractivity contribution in [2.24, 2.45) is 0 Å². The number of carbonyl (C=O) groups excluding carboxylic acids is 1. The number of ketones is 1. The SMILES string of the molecule is CC(=O)c1c(C)[c][nH]c1C. The lowest BCUT2D eigenvalue weighted by molar-refractivity contribution is 0.101. The molecule has 1 radical (unpaired) electrons. The third-order valence-electron chi connectivity index (χ3n) is 1.54. The maximum Gasteiger partial charge on any atom is 0.161 e. The molecule has 0 aliphatic carbocycles. The standard InChI is InChI=1S/C8H10NO/c1-5-4-9-6(2)8(5)7(3)10/h9H,1-3H3. The van der Waals surface area contributed by atoms with Gasteiger partial charge >= 0.3 is 0 Å². The Morgan fingerprint density at radius 3 is 2.30 bits per heavy atom. The van der Waals surface area contributed by atoms with Gasteiger partial charge in [-0.1, -0.05) is 0 Å². The number of Topliss-reactive ketones (excluding diaryl/α,β-unsaturated/α-hetero) is 1. The van der Waals surface area contributed by atoms with E-state index in [0.29, 0.717) is 0 Å². The molecule has 0 atom stereocenters. The second-order valence-corrected chi connectivity index (χ2v) is 2.43. The van der Waals surface area contributed by atoms with E-state index in [1.54, 1.807) is 6.92 Å². The van der Waals surface area contributed by atoms with Crippen LogP contribution in [0.3, 0.4) is 0 Å². The summed E-state index contributed by atoms with van der Waals surface area (Å²) in [6.07, 6.45) is 2.87. The highest BCUT2D eigenvalue weighted by Crippen LogP contribution is 2.11. The number of nitrogens with one attached hydrogen (secondary N) is 1. The molecule has 2 nitrogen and oxygen atoms in total. The van der Waals surface area contributed by atoms with Crippen LogP contribution in [0.2, 0.25) is 0 Å². The van der Waals surface area contributed by atoms with Gasteiger partial charge in [-0.15, -0.1) is 0 Å². The largest absolute Gasteiger partial charge is 0.357 e. The molecule has 0 unspecified atom stereocenters.